The van der Waals surface area contributed by atoms with Crippen LogP contribution in [-0.2, 0) is 14.3 Å². The van der Waals surface area contributed by atoms with Crippen LogP contribution in [-0.4, -0.2) is 101 Å². The van der Waals surface area contributed by atoms with E-state index in [0.717, 1.165) is 0 Å². The molecule has 0 spiro atoms. The molecule has 2 saturated heterocycles. The number of Topliss-reactive ketones (excluding diaryl/α,β-unsaturated/α-hetero) is 2. The van der Waals surface area contributed by atoms with Gasteiger partial charge in [0.15, 0.2) is 5.72 Å². The number of likely N-dealkylation sites (N-methyl/N-ethyl adjacent to an activating group) is 1. The maximum absolute atomic E-state index is 13.2. The number of nitrogens with zero attached hydrogens (tertiary/aromatic N) is 2. The summed E-state index contributed by atoms with van der Waals surface area (Å²) in [5.74, 6) is -1.01. The summed E-state index contributed by atoms with van der Waals surface area (Å²) in [6.45, 7) is 2.41. The summed E-state index contributed by atoms with van der Waals surface area (Å²) < 4.78 is 5.91. The number of rotatable bonds is 6. The lowest BCUT2D eigenvalue weighted by Gasteiger charge is -2.40. The maximum atomic E-state index is 13.2. The Hall–Kier alpha value is -2.47. The van der Waals surface area contributed by atoms with Gasteiger partial charge < -0.3 is 36.0 Å². The Morgan fingerprint density at radius 3 is 2.50 bits per heavy atom. The summed E-state index contributed by atoms with van der Waals surface area (Å²) in [7, 11) is 3.58. The van der Waals surface area contributed by atoms with Crippen LogP contribution in [0.15, 0.2) is 22.5 Å². The van der Waals surface area contributed by atoms with Crippen molar-refractivity contribution in [1.29, 1.82) is 0 Å². The van der Waals surface area contributed by atoms with Crippen LogP contribution in [0.2, 0.25) is 0 Å². The van der Waals surface area contributed by atoms with E-state index in [1.165, 1.54) is 0 Å². The summed E-state index contributed by atoms with van der Waals surface area (Å²) >= 11 is 0. The zero-order valence-electron chi connectivity index (χ0n) is 17.2. The minimum absolute atomic E-state index is 0.00461. The molecule has 0 saturated carbocycles. The van der Waals surface area contributed by atoms with Gasteiger partial charge in [0.05, 0.1) is 30.0 Å². The second kappa shape index (κ2) is 7.99. The number of piperazine rings is 1. The molecule has 0 radical (unpaired) electrons. The molecular formula is C19H28N4O7. The molecule has 2 fully saturated rings. The van der Waals surface area contributed by atoms with Gasteiger partial charge in [-0.1, -0.05) is 0 Å². The fourth-order valence-corrected chi connectivity index (χ4v) is 5.07. The van der Waals surface area contributed by atoms with Crippen LogP contribution in [0.1, 0.15) is 13.3 Å². The Labute approximate surface area is 173 Å². The SMILES string of the molecule is COC12C(CO)C3=C(C(=O)C(C)=C(NCCCO)C3=O)N1CC1C2N1C.NC(=O)O. The van der Waals surface area contributed by atoms with E-state index in [-0.39, 0.29) is 42.6 Å². The highest BCUT2D eigenvalue weighted by Crippen LogP contribution is 2.58. The van der Waals surface area contributed by atoms with E-state index < -0.39 is 17.7 Å². The van der Waals surface area contributed by atoms with Crippen molar-refractivity contribution in [2.24, 2.45) is 11.7 Å². The van der Waals surface area contributed by atoms with Gasteiger partial charge in [-0.3, -0.25) is 14.5 Å². The maximum Gasteiger partial charge on any atom is 0.402 e. The van der Waals surface area contributed by atoms with E-state index in [9.17, 15) is 14.7 Å². The lowest BCUT2D eigenvalue weighted by atomic mass is 9.82. The normalized spacial score (nSPS) is 33.7. The summed E-state index contributed by atoms with van der Waals surface area (Å²) in [6, 6.07) is 0.330. The molecule has 6 N–H and O–H groups in total. The third-order valence-corrected chi connectivity index (χ3v) is 6.37. The monoisotopic (exact) mass is 424 g/mol. The number of primary amides is 1. The Morgan fingerprint density at radius 1 is 1.33 bits per heavy atom. The lowest BCUT2D eigenvalue weighted by Crippen LogP contribution is -2.55. The van der Waals surface area contributed by atoms with Crippen molar-refractivity contribution >= 4 is 17.7 Å². The Morgan fingerprint density at radius 2 is 1.97 bits per heavy atom. The molecule has 11 heteroatoms. The number of nitrogens with one attached hydrogen (secondary N) is 1. The average Bonchev–Trinajstić information content (AvgIpc) is 3.08. The predicted molar refractivity (Wildman–Crippen MR) is 104 cm³/mol. The number of aliphatic hydroxyl groups is 2. The lowest BCUT2D eigenvalue weighted by molar-refractivity contribution is -0.144. The molecule has 0 bridgehead atoms. The minimum atomic E-state index is -1.33. The van der Waals surface area contributed by atoms with E-state index in [1.54, 1.807) is 14.0 Å². The number of allylic oxidation sites excluding steroid dienone is 2. The Kier molecular flexibility index (Phi) is 5.92. The highest BCUT2D eigenvalue weighted by molar-refractivity contribution is 6.25. The first kappa shape index (κ1) is 22.2. The number of ketones is 2. The van der Waals surface area contributed by atoms with Gasteiger partial charge >= 0.3 is 6.09 Å². The first-order valence-electron chi connectivity index (χ1n) is 9.72. The van der Waals surface area contributed by atoms with E-state index in [4.69, 9.17) is 19.7 Å². The zero-order chi connectivity index (χ0) is 22.4. The smallest absolute Gasteiger partial charge is 0.402 e. The number of carbonyl (C=O) groups is 3. The van der Waals surface area contributed by atoms with E-state index in [2.05, 4.69) is 16.0 Å². The molecule has 0 aromatic heterocycles. The van der Waals surface area contributed by atoms with Crippen LogP contribution in [0.25, 0.3) is 0 Å². The first-order valence-corrected chi connectivity index (χ1v) is 9.72. The molecule has 3 aliphatic heterocycles. The highest BCUT2D eigenvalue weighted by Gasteiger charge is 2.75. The second-order valence-electron chi connectivity index (χ2n) is 7.74. The zero-order valence-corrected chi connectivity index (χ0v) is 17.2. The molecule has 5 unspecified atom stereocenters. The molecule has 4 rings (SSSR count). The molecule has 5 atom stereocenters. The molecule has 3 heterocycles. The van der Waals surface area contributed by atoms with Crippen LogP contribution in [0.3, 0.4) is 0 Å². The number of hydrogen-bond acceptors (Lipinski definition) is 9. The molecule has 0 aromatic rings. The first-order chi connectivity index (χ1) is 14.2. The Balaban J connectivity index is 0.000000589. The quantitative estimate of drug-likeness (QED) is 0.187. The Bertz CT molecular complexity index is 835. The summed E-state index contributed by atoms with van der Waals surface area (Å²) in [6.07, 6.45) is -0.851. The van der Waals surface area contributed by atoms with Crippen molar-refractivity contribution in [1.82, 2.24) is 15.1 Å². The van der Waals surface area contributed by atoms with Crippen LogP contribution in [0, 0.1) is 5.92 Å². The van der Waals surface area contributed by atoms with Crippen LogP contribution < -0.4 is 11.1 Å². The number of aliphatic hydroxyl groups excluding tert-OH is 2. The molecule has 11 nitrogen and oxygen atoms in total. The van der Waals surface area contributed by atoms with Gasteiger partial charge in [0, 0.05) is 44.0 Å². The molecular weight excluding hydrogens is 396 g/mol. The van der Waals surface area contributed by atoms with E-state index >= 15 is 0 Å². The summed E-state index contributed by atoms with van der Waals surface area (Å²) in [5.41, 5.74) is 4.56. The van der Waals surface area contributed by atoms with Crippen LogP contribution in [0.4, 0.5) is 4.79 Å². The number of ether oxygens (including phenoxy) is 1. The van der Waals surface area contributed by atoms with Crippen molar-refractivity contribution in [2.75, 3.05) is 40.5 Å². The summed E-state index contributed by atoms with van der Waals surface area (Å²) in [5, 5.41) is 29.3. The van der Waals surface area contributed by atoms with Crippen molar-refractivity contribution < 1.29 is 34.4 Å². The van der Waals surface area contributed by atoms with Crippen molar-refractivity contribution in [3.63, 3.8) is 0 Å². The number of nitrogens with two attached hydrogens (primary N) is 1. The second-order valence-corrected chi connectivity index (χ2v) is 7.74. The molecule has 0 aromatic carbocycles. The van der Waals surface area contributed by atoms with Gasteiger partial charge in [-0.25, -0.2) is 4.79 Å². The summed E-state index contributed by atoms with van der Waals surface area (Å²) in [4.78, 5) is 39.2. The standard InChI is InChI=1S/C18H25N3O5.CH3NO2/c1-9-13(19-5-4-6-22)16(25)12-10(8-23)18(26-3)17-11(20(17)2)7-21(18)14(12)15(9)24;2-1(3)4/h10-11,17,19,22-23H,4-8H2,1-3H3;2H2,(H,3,4). The van der Waals surface area contributed by atoms with Gasteiger partial charge in [0.1, 0.15) is 0 Å². The number of carboxylic acid groups (broad SMARTS) is 1. The van der Waals surface area contributed by atoms with Crippen LogP contribution >= 0.6 is 0 Å². The fourth-order valence-electron chi connectivity index (χ4n) is 5.07. The third-order valence-electron chi connectivity index (χ3n) is 6.37. The van der Waals surface area contributed by atoms with Crippen molar-refractivity contribution in [2.45, 2.75) is 31.2 Å². The topological polar surface area (TPSA) is 165 Å². The van der Waals surface area contributed by atoms with Gasteiger partial charge in [0.2, 0.25) is 11.6 Å². The number of carbonyl (C=O) groups excluding carboxylic acids is 2. The number of methoxy groups -OCH3 is 1. The minimum Gasteiger partial charge on any atom is -0.465 e. The van der Waals surface area contributed by atoms with Crippen LogP contribution in [0.5, 0.6) is 0 Å². The van der Waals surface area contributed by atoms with Gasteiger partial charge in [-0.2, -0.15) is 0 Å². The number of amides is 1. The molecule has 166 valence electrons. The predicted octanol–water partition coefficient (Wildman–Crippen LogP) is -1.78. The molecule has 4 aliphatic rings. The highest BCUT2D eigenvalue weighted by atomic mass is 16.5. The fraction of sp³-hybridized carbons (Fsp3) is 0.632. The van der Waals surface area contributed by atoms with E-state index in [0.29, 0.717) is 36.4 Å². The molecule has 30 heavy (non-hydrogen) atoms. The van der Waals surface area contributed by atoms with Gasteiger partial charge in [0.25, 0.3) is 0 Å². The van der Waals surface area contributed by atoms with E-state index in [1.807, 2.05) is 11.9 Å². The number of hydrogen-bond donors (Lipinski definition) is 5. The van der Waals surface area contributed by atoms with Crippen molar-refractivity contribution in [3.05, 3.63) is 22.5 Å². The van der Waals surface area contributed by atoms with Gasteiger partial charge in [-0.15, -0.1) is 0 Å². The third kappa shape index (κ3) is 3.00. The number of fused-ring (bicyclic) bond motifs is 4. The molecule has 1 amide bonds. The van der Waals surface area contributed by atoms with Gasteiger partial charge in [-0.05, 0) is 20.4 Å². The largest absolute Gasteiger partial charge is 0.465 e. The molecule has 1 aliphatic carbocycles. The average molecular weight is 424 g/mol. The van der Waals surface area contributed by atoms with Crippen molar-refractivity contribution in [3.8, 4) is 0 Å².